The van der Waals surface area contributed by atoms with E-state index in [0.717, 1.165) is 36.7 Å². The van der Waals surface area contributed by atoms with Gasteiger partial charge in [-0.3, -0.25) is 0 Å². The van der Waals surface area contributed by atoms with E-state index in [2.05, 4.69) is 17.6 Å². The highest BCUT2D eigenvalue weighted by atomic mass is 35.5. The number of nitrogens with one attached hydrogen (secondary N) is 2. The molecule has 2 aromatic rings. The van der Waals surface area contributed by atoms with Crippen LogP contribution in [-0.2, 0) is 0 Å². The predicted octanol–water partition coefficient (Wildman–Crippen LogP) is 5.96. The summed E-state index contributed by atoms with van der Waals surface area (Å²) in [5, 5.41) is 6.66. The van der Waals surface area contributed by atoms with E-state index in [0.29, 0.717) is 6.54 Å². The van der Waals surface area contributed by atoms with E-state index in [1.807, 2.05) is 24.3 Å². The quantitative estimate of drug-likeness (QED) is 0.482. The fourth-order valence-corrected chi connectivity index (χ4v) is 2.59. The van der Waals surface area contributed by atoms with Crippen molar-refractivity contribution in [3.63, 3.8) is 0 Å². The first-order valence-corrected chi connectivity index (χ1v) is 9.22. The molecule has 0 aliphatic carbocycles. The van der Waals surface area contributed by atoms with Crippen molar-refractivity contribution in [2.45, 2.75) is 32.6 Å². The molecule has 3 nitrogen and oxygen atoms in total. The second kappa shape index (κ2) is 10.8. The van der Waals surface area contributed by atoms with Gasteiger partial charge >= 0.3 is 0 Å². The highest BCUT2D eigenvalue weighted by molar-refractivity contribution is 6.31. The van der Waals surface area contributed by atoms with Crippen molar-refractivity contribution in [2.24, 2.45) is 0 Å². The number of benzene rings is 2. The molecule has 0 aliphatic heterocycles. The van der Waals surface area contributed by atoms with Crippen molar-refractivity contribution in [1.82, 2.24) is 0 Å². The van der Waals surface area contributed by atoms with Gasteiger partial charge in [-0.25, -0.2) is 4.39 Å². The van der Waals surface area contributed by atoms with Crippen molar-refractivity contribution in [1.29, 1.82) is 0 Å². The maximum atomic E-state index is 13.1. The summed E-state index contributed by atoms with van der Waals surface area (Å²) in [4.78, 5) is 0. The summed E-state index contributed by atoms with van der Waals surface area (Å²) < 4.78 is 18.8. The Morgan fingerprint density at radius 3 is 2.28 bits per heavy atom. The Labute approximate surface area is 154 Å². The first kappa shape index (κ1) is 19.4. The van der Waals surface area contributed by atoms with Crippen LogP contribution in [0.15, 0.2) is 42.5 Å². The maximum Gasteiger partial charge on any atom is 0.141 e. The lowest BCUT2D eigenvalue weighted by atomic mass is 10.2. The van der Waals surface area contributed by atoms with Crippen LogP contribution >= 0.6 is 11.6 Å². The molecule has 0 aromatic heterocycles. The SMILES string of the molecule is CCCCCCOc1ccc(NCCNc2ccc(F)c(Cl)c2)cc1. The van der Waals surface area contributed by atoms with Gasteiger partial charge in [0, 0.05) is 24.5 Å². The lowest BCUT2D eigenvalue weighted by Gasteiger charge is -2.10. The molecule has 0 aliphatic rings. The Morgan fingerprint density at radius 2 is 1.60 bits per heavy atom. The molecule has 136 valence electrons. The van der Waals surface area contributed by atoms with Crippen LogP contribution in [0, 0.1) is 5.82 Å². The molecule has 2 aromatic carbocycles. The average Bonchev–Trinajstić information content (AvgIpc) is 2.62. The second-order valence-electron chi connectivity index (χ2n) is 5.92. The zero-order chi connectivity index (χ0) is 17.9. The molecule has 0 bridgehead atoms. The molecule has 0 atom stereocenters. The highest BCUT2D eigenvalue weighted by Gasteiger charge is 2.00. The smallest absolute Gasteiger partial charge is 0.141 e. The van der Waals surface area contributed by atoms with E-state index in [-0.39, 0.29) is 5.02 Å². The Kier molecular flexibility index (Phi) is 8.40. The Balaban J connectivity index is 1.64. The van der Waals surface area contributed by atoms with E-state index >= 15 is 0 Å². The van der Waals surface area contributed by atoms with Crippen molar-refractivity contribution in [2.75, 3.05) is 30.3 Å². The summed E-state index contributed by atoms with van der Waals surface area (Å²) in [6.07, 6.45) is 4.84. The van der Waals surface area contributed by atoms with Crippen molar-refractivity contribution < 1.29 is 9.13 Å². The normalized spacial score (nSPS) is 10.5. The molecule has 0 saturated heterocycles. The van der Waals surface area contributed by atoms with Crippen LogP contribution in [0.3, 0.4) is 0 Å². The molecular formula is C20H26ClFN2O. The van der Waals surface area contributed by atoms with Gasteiger partial charge in [0.1, 0.15) is 11.6 Å². The molecule has 0 unspecified atom stereocenters. The van der Waals surface area contributed by atoms with Gasteiger partial charge < -0.3 is 15.4 Å². The first-order chi connectivity index (χ1) is 12.2. The zero-order valence-corrected chi connectivity index (χ0v) is 15.4. The summed E-state index contributed by atoms with van der Waals surface area (Å²) in [6.45, 7) is 4.43. The predicted molar refractivity (Wildman–Crippen MR) is 104 cm³/mol. The van der Waals surface area contributed by atoms with Crippen LogP contribution in [0.4, 0.5) is 15.8 Å². The Hall–Kier alpha value is -1.94. The summed E-state index contributed by atoms with van der Waals surface area (Å²) in [7, 11) is 0. The molecule has 5 heteroatoms. The molecule has 0 heterocycles. The Bertz CT molecular complexity index is 634. The van der Waals surface area contributed by atoms with Crippen LogP contribution in [0.25, 0.3) is 0 Å². The number of unbranched alkanes of at least 4 members (excludes halogenated alkanes) is 3. The molecule has 0 amide bonds. The van der Waals surface area contributed by atoms with Gasteiger partial charge in [-0.1, -0.05) is 37.8 Å². The third-order valence-corrected chi connectivity index (χ3v) is 4.11. The Morgan fingerprint density at radius 1 is 0.920 bits per heavy atom. The van der Waals surface area contributed by atoms with Crippen molar-refractivity contribution in [3.05, 3.63) is 53.3 Å². The summed E-state index contributed by atoms with van der Waals surface area (Å²) in [5.74, 6) is 0.499. The number of hydrogen-bond donors (Lipinski definition) is 2. The van der Waals surface area contributed by atoms with Gasteiger partial charge in [-0.15, -0.1) is 0 Å². The molecule has 2 N–H and O–H groups in total. The zero-order valence-electron chi connectivity index (χ0n) is 14.7. The lowest BCUT2D eigenvalue weighted by Crippen LogP contribution is -2.13. The van der Waals surface area contributed by atoms with E-state index in [1.165, 1.54) is 25.3 Å². The molecule has 0 fully saturated rings. The molecule has 25 heavy (non-hydrogen) atoms. The third kappa shape index (κ3) is 7.22. The van der Waals surface area contributed by atoms with Gasteiger partial charge in [0.25, 0.3) is 0 Å². The van der Waals surface area contributed by atoms with Crippen molar-refractivity contribution >= 4 is 23.0 Å². The summed E-state index contributed by atoms with van der Waals surface area (Å²) in [5.41, 5.74) is 1.84. The average molecular weight is 365 g/mol. The van der Waals surface area contributed by atoms with Gasteiger partial charge in [0.15, 0.2) is 0 Å². The number of hydrogen-bond acceptors (Lipinski definition) is 3. The number of rotatable bonds is 11. The maximum absolute atomic E-state index is 13.1. The van der Waals surface area contributed by atoms with Gasteiger partial charge in [-0.05, 0) is 48.9 Å². The van der Waals surface area contributed by atoms with Gasteiger partial charge in [0.05, 0.1) is 11.6 Å². The minimum absolute atomic E-state index is 0.128. The molecule has 0 saturated carbocycles. The standard InChI is InChI=1S/C20H26ClFN2O/c1-2-3-4-5-14-25-18-9-6-16(7-10-18)23-12-13-24-17-8-11-20(22)19(21)15-17/h6-11,15,23-24H,2-5,12-14H2,1H3. The van der Waals surface area contributed by atoms with E-state index in [1.54, 1.807) is 12.1 Å². The van der Waals surface area contributed by atoms with Crippen LogP contribution in [0.2, 0.25) is 5.02 Å². The summed E-state index contributed by atoms with van der Waals surface area (Å²) >= 11 is 5.76. The number of anilines is 2. The fourth-order valence-electron chi connectivity index (χ4n) is 2.41. The van der Waals surface area contributed by atoms with Gasteiger partial charge in [0.2, 0.25) is 0 Å². The van der Waals surface area contributed by atoms with Crippen molar-refractivity contribution in [3.8, 4) is 5.75 Å². The number of ether oxygens (including phenoxy) is 1. The molecule has 2 rings (SSSR count). The van der Waals surface area contributed by atoms with Gasteiger partial charge in [-0.2, -0.15) is 0 Å². The molecule has 0 radical (unpaired) electrons. The van der Waals surface area contributed by atoms with Crippen LogP contribution in [-0.4, -0.2) is 19.7 Å². The topological polar surface area (TPSA) is 33.3 Å². The molecular weight excluding hydrogens is 339 g/mol. The molecule has 0 spiro atoms. The first-order valence-electron chi connectivity index (χ1n) is 8.84. The largest absolute Gasteiger partial charge is 0.494 e. The second-order valence-corrected chi connectivity index (χ2v) is 6.32. The van der Waals surface area contributed by atoms with Crippen LogP contribution < -0.4 is 15.4 Å². The fraction of sp³-hybridized carbons (Fsp3) is 0.400. The minimum Gasteiger partial charge on any atom is -0.494 e. The van der Waals surface area contributed by atoms with E-state index < -0.39 is 5.82 Å². The third-order valence-electron chi connectivity index (χ3n) is 3.82. The number of halogens is 2. The minimum atomic E-state index is -0.405. The monoisotopic (exact) mass is 364 g/mol. The highest BCUT2D eigenvalue weighted by Crippen LogP contribution is 2.19. The van der Waals surface area contributed by atoms with E-state index in [4.69, 9.17) is 16.3 Å². The van der Waals surface area contributed by atoms with E-state index in [9.17, 15) is 4.39 Å². The summed E-state index contributed by atoms with van der Waals surface area (Å²) in [6, 6.07) is 12.6. The van der Waals surface area contributed by atoms with Crippen LogP contribution in [0.1, 0.15) is 32.6 Å². The lowest BCUT2D eigenvalue weighted by molar-refractivity contribution is 0.305. The van der Waals surface area contributed by atoms with Crippen LogP contribution in [0.5, 0.6) is 5.75 Å².